The number of hydrogen-bond donors (Lipinski definition) is 3. The zero-order valence-corrected chi connectivity index (χ0v) is 16.3. The van der Waals surface area contributed by atoms with Crippen LogP contribution in [0, 0.1) is 0 Å². The predicted molar refractivity (Wildman–Crippen MR) is 107 cm³/mol. The number of nitrogens with one attached hydrogen (secondary N) is 1. The summed E-state index contributed by atoms with van der Waals surface area (Å²) in [6.07, 6.45) is 3.79. The van der Waals surface area contributed by atoms with E-state index in [1.54, 1.807) is 18.6 Å². The number of nitrogens with zero attached hydrogens (tertiary/aromatic N) is 5. The van der Waals surface area contributed by atoms with E-state index in [4.69, 9.17) is 4.74 Å². The number of pyridine rings is 1. The van der Waals surface area contributed by atoms with Gasteiger partial charge in [0.05, 0.1) is 24.4 Å². The molecule has 4 rings (SSSR count). The number of aliphatic hydroxyl groups excluding tert-OH is 2. The van der Waals surface area contributed by atoms with Crippen molar-refractivity contribution in [2.75, 3.05) is 44.2 Å². The molecule has 2 fully saturated rings. The first-order valence-corrected chi connectivity index (χ1v) is 10.1. The first kappa shape index (κ1) is 20.1. The van der Waals surface area contributed by atoms with Gasteiger partial charge in [-0.1, -0.05) is 6.07 Å². The van der Waals surface area contributed by atoms with Crippen molar-refractivity contribution in [1.29, 1.82) is 0 Å². The third-order valence-corrected chi connectivity index (χ3v) is 5.59. The Kier molecular flexibility index (Phi) is 6.63. The van der Waals surface area contributed by atoms with Gasteiger partial charge in [0.1, 0.15) is 12.2 Å². The van der Waals surface area contributed by atoms with E-state index in [1.165, 1.54) is 0 Å². The van der Waals surface area contributed by atoms with Crippen molar-refractivity contribution in [3.8, 4) is 0 Å². The van der Waals surface area contributed by atoms with Gasteiger partial charge in [0.25, 0.3) is 0 Å². The summed E-state index contributed by atoms with van der Waals surface area (Å²) in [4.78, 5) is 17.4. The number of piperazine rings is 1. The highest BCUT2D eigenvalue weighted by atomic mass is 16.5. The molecule has 0 unspecified atom stereocenters. The second kappa shape index (κ2) is 9.55. The van der Waals surface area contributed by atoms with Gasteiger partial charge in [0.15, 0.2) is 0 Å². The summed E-state index contributed by atoms with van der Waals surface area (Å²) in [6, 6.07) is 7.46. The highest BCUT2D eigenvalue weighted by Crippen LogP contribution is 2.27. The van der Waals surface area contributed by atoms with Gasteiger partial charge in [-0.3, -0.25) is 9.88 Å². The lowest BCUT2D eigenvalue weighted by molar-refractivity contribution is -0.0213. The SMILES string of the molecule is OC[C@@H]1O[C@H](CNCc2ccccn2)[C@H](N2CCN(c3ncccn3)CC2)[C@@H]1O. The summed E-state index contributed by atoms with van der Waals surface area (Å²) in [5, 5.41) is 23.7. The molecule has 4 atom stereocenters. The van der Waals surface area contributed by atoms with Crippen LogP contribution in [0.5, 0.6) is 0 Å². The summed E-state index contributed by atoms with van der Waals surface area (Å²) < 4.78 is 5.98. The Labute approximate surface area is 170 Å². The molecule has 0 aliphatic carbocycles. The molecule has 9 heteroatoms. The molecule has 29 heavy (non-hydrogen) atoms. The lowest BCUT2D eigenvalue weighted by Gasteiger charge is -2.40. The van der Waals surface area contributed by atoms with Gasteiger partial charge in [-0.2, -0.15) is 0 Å². The Hall–Kier alpha value is -2.17. The maximum atomic E-state index is 10.8. The van der Waals surface area contributed by atoms with Crippen molar-refractivity contribution in [3.63, 3.8) is 0 Å². The van der Waals surface area contributed by atoms with Crippen molar-refractivity contribution < 1.29 is 14.9 Å². The molecule has 2 aromatic rings. The van der Waals surface area contributed by atoms with Gasteiger partial charge in [0, 0.05) is 57.9 Å². The van der Waals surface area contributed by atoms with Crippen LogP contribution in [0.4, 0.5) is 5.95 Å². The molecule has 0 radical (unpaired) electrons. The zero-order valence-electron chi connectivity index (χ0n) is 16.3. The van der Waals surface area contributed by atoms with Gasteiger partial charge in [-0.15, -0.1) is 0 Å². The third-order valence-electron chi connectivity index (χ3n) is 5.59. The summed E-state index contributed by atoms with van der Waals surface area (Å²) >= 11 is 0. The summed E-state index contributed by atoms with van der Waals surface area (Å²) in [7, 11) is 0. The van der Waals surface area contributed by atoms with E-state index in [1.807, 2.05) is 24.3 Å². The Morgan fingerprint density at radius 1 is 1.00 bits per heavy atom. The quantitative estimate of drug-likeness (QED) is 0.555. The number of anilines is 1. The first-order valence-electron chi connectivity index (χ1n) is 10.1. The monoisotopic (exact) mass is 400 g/mol. The second-order valence-electron chi connectivity index (χ2n) is 7.40. The predicted octanol–water partition coefficient (Wildman–Crippen LogP) is -0.727. The number of aliphatic hydroxyl groups is 2. The number of ether oxygens (including phenoxy) is 1. The minimum absolute atomic E-state index is 0.165. The lowest BCUT2D eigenvalue weighted by Crippen LogP contribution is -2.57. The normalized spacial score (nSPS) is 28.0. The smallest absolute Gasteiger partial charge is 0.225 e. The molecule has 0 saturated carbocycles. The zero-order chi connectivity index (χ0) is 20.1. The molecule has 0 aromatic carbocycles. The molecular weight excluding hydrogens is 372 g/mol. The van der Waals surface area contributed by atoms with Crippen LogP contribution in [0.2, 0.25) is 0 Å². The van der Waals surface area contributed by atoms with Crippen molar-refractivity contribution >= 4 is 5.95 Å². The highest BCUT2D eigenvalue weighted by molar-refractivity contribution is 5.29. The minimum atomic E-state index is -0.721. The third kappa shape index (κ3) is 4.71. The van der Waals surface area contributed by atoms with Gasteiger partial charge < -0.3 is 25.2 Å². The van der Waals surface area contributed by atoms with E-state index in [9.17, 15) is 10.2 Å². The van der Waals surface area contributed by atoms with Crippen LogP contribution in [0.25, 0.3) is 0 Å². The molecule has 0 amide bonds. The molecule has 0 spiro atoms. The summed E-state index contributed by atoms with van der Waals surface area (Å²) in [5.41, 5.74) is 0.956. The van der Waals surface area contributed by atoms with Crippen molar-refractivity contribution in [3.05, 3.63) is 48.5 Å². The fraction of sp³-hybridized carbons (Fsp3) is 0.550. The van der Waals surface area contributed by atoms with Crippen LogP contribution in [0.15, 0.2) is 42.9 Å². The van der Waals surface area contributed by atoms with Crippen molar-refractivity contribution in [2.24, 2.45) is 0 Å². The summed E-state index contributed by atoms with van der Waals surface area (Å²) in [6.45, 7) is 4.14. The lowest BCUT2D eigenvalue weighted by atomic mass is 10.0. The topological polar surface area (TPSA) is 107 Å². The maximum Gasteiger partial charge on any atom is 0.225 e. The fourth-order valence-electron chi connectivity index (χ4n) is 4.12. The van der Waals surface area contributed by atoms with E-state index >= 15 is 0 Å². The number of rotatable bonds is 7. The second-order valence-corrected chi connectivity index (χ2v) is 7.40. The molecule has 2 aliphatic heterocycles. The van der Waals surface area contributed by atoms with Crippen LogP contribution in [0.1, 0.15) is 5.69 Å². The van der Waals surface area contributed by atoms with Crippen LogP contribution < -0.4 is 10.2 Å². The molecule has 9 nitrogen and oxygen atoms in total. The molecule has 0 bridgehead atoms. The average molecular weight is 400 g/mol. The van der Waals surface area contributed by atoms with E-state index in [0.717, 1.165) is 37.8 Å². The van der Waals surface area contributed by atoms with Crippen LogP contribution in [-0.4, -0.2) is 93.7 Å². The van der Waals surface area contributed by atoms with E-state index < -0.39 is 12.2 Å². The average Bonchev–Trinajstić information content (AvgIpc) is 3.10. The molecule has 4 heterocycles. The maximum absolute atomic E-state index is 10.8. The van der Waals surface area contributed by atoms with Gasteiger partial charge in [0.2, 0.25) is 5.95 Å². The van der Waals surface area contributed by atoms with Gasteiger partial charge in [-0.25, -0.2) is 9.97 Å². The van der Waals surface area contributed by atoms with E-state index in [-0.39, 0.29) is 18.8 Å². The standard InChI is InChI=1S/C20H28N6O3/c27-14-17-19(28)18(16(29-17)13-21-12-15-4-1-2-5-22-15)25-8-10-26(11-9-25)20-23-6-3-7-24-20/h1-7,16-19,21,27-28H,8-14H2/t16-,17+,18+,19-/m1/s1. The fourth-order valence-corrected chi connectivity index (χ4v) is 4.12. The van der Waals surface area contributed by atoms with Crippen LogP contribution in [-0.2, 0) is 11.3 Å². The first-order chi connectivity index (χ1) is 14.3. The number of aromatic nitrogens is 3. The van der Waals surface area contributed by atoms with Crippen LogP contribution >= 0.6 is 0 Å². The largest absolute Gasteiger partial charge is 0.394 e. The Morgan fingerprint density at radius 3 is 2.45 bits per heavy atom. The Balaban J connectivity index is 1.36. The van der Waals surface area contributed by atoms with Gasteiger partial charge in [-0.05, 0) is 18.2 Å². The summed E-state index contributed by atoms with van der Waals surface area (Å²) in [5.74, 6) is 0.734. The molecule has 2 aliphatic rings. The van der Waals surface area contributed by atoms with Crippen LogP contribution in [0.3, 0.4) is 0 Å². The minimum Gasteiger partial charge on any atom is -0.394 e. The Morgan fingerprint density at radius 2 is 1.76 bits per heavy atom. The van der Waals surface area contributed by atoms with Gasteiger partial charge >= 0.3 is 0 Å². The molecule has 2 aromatic heterocycles. The van der Waals surface area contributed by atoms with Crippen molar-refractivity contribution in [2.45, 2.75) is 30.9 Å². The molecule has 3 N–H and O–H groups in total. The Bertz CT molecular complexity index is 744. The molecular formula is C20H28N6O3. The highest BCUT2D eigenvalue weighted by Gasteiger charge is 2.46. The molecule has 2 saturated heterocycles. The van der Waals surface area contributed by atoms with Crippen molar-refractivity contribution in [1.82, 2.24) is 25.2 Å². The number of hydrogen-bond acceptors (Lipinski definition) is 9. The van der Waals surface area contributed by atoms with E-state index in [2.05, 4.69) is 30.1 Å². The van der Waals surface area contributed by atoms with E-state index in [0.29, 0.717) is 13.1 Å². The molecule has 156 valence electrons.